The Kier molecular flexibility index (Phi) is 7.31. The predicted molar refractivity (Wildman–Crippen MR) is 129 cm³/mol. The smallest absolute Gasteiger partial charge is 0.475 e. The number of pyridine rings is 1. The molecule has 0 saturated carbocycles. The molecule has 1 amide bonds. The van der Waals surface area contributed by atoms with E-state index in [0.717, 1.165) is 31.1 Å². The van der Waals surface area contributed by atoms with Crippen LogP contribution in [-0.2, 0) is 26.2 Å². The second-order valence-corrected chi connectivity index (χ2v) is 11.8. The van der Waals surface area contributed by atoms with Crippen molar-refractivity contribution in [2.75, 3.05) is 12.3 Å². The minimum atomic E-state index is -5.08. The molecule has 1 aliphatic heterocycles. The second kappa shape index (κ2) is 10.2. The van der Waals surface area contributed by atoms with Gasteiger partial charge in [0.05, 0.1) is 22.1 Å². The molecule has 11 nitrogen and oxygen atoms in total. The van der Waals surface area contributed by atoms with E-state index in [1.54, 1.807) is 17.2 Å². The van der Waals surface area contributed by atoms with E-state index in [9.17, 15) is 26.4 Å². The molecule has 5 heterocycles. The largest absolute Gasteiger partial charge is 0.490 e. The van der Waals surface area contributed by atoms with Crippen molar-refractivity contribution in [1.82, 2.24) is 24.6 Å². The molecule has 196 valence electrons. The van der Waals surface area contributed by atoms with E-state index in [0.29, 0.717) is 30.8 Å². The van der Waals surface area contributed by atoms with Crippen LogP contribution in [0.3, 0.4) is 0 Å². The van der Waals surface area contributed by atoms with Gasteiger partial charge >= 0.3 is 12.1 Å². The van der Waals surface area contributed by atoms with Crippen LogP contribution in [0.4, 0.5) is 19.0 Å². The number of hydrogen-bond acceptors (Lipinski definition) is 10. The normalized spacial score (nSPS) is 16.2. The molecule has 0 aliphatic carbocycles. The lowest BCUT2D eigenvalue weighted by Gasteiger charge is -2.16. The third-order valence-corrected chi connectivity index (χ3v) is 9.19. The lowest BCUT2D eigenvalue weighted by Crippen LogP contribution is -2.40. The zero-order chi connectivity index (χ0) is 27.0. The molecule has 1 fully saturated rings. The van der Waals surface area contributed by atoms with Crippen LogP contribution in [0.15, 0.2) is 41.0 Å². The average Bonchev–Trinajstić information content (AvgIpc) is 3.53. The van der Waals surface area contributed by atoms with Crippen molar-refractivity contribution >= 4 is 70.8 Å². The molecule has 4 aromatic heterocycles. The van der Waals surface area contributed by atoms with E-state index < -0.39 is 28.2 Å². The highest BCUT2D eigenvalue weighted by Crippen LogP contribution is 2.30. The summed E-state index contributed by atoms with van der Waals surface area (Å²) in [6, 6.07) is 6.20. The lowest BCUT2D eigenvalue weighted by molar-refractivity contribution is -0.192. The summed E-state index contributed by atoms with van der Waals surface area (Å²) in [5, 5.41) is 7.89. The highest BCUT2D eigenvalue weighted by atomic mass is 32.2. The minimum Gasteiger partial charge on any atom is -0.475 e. The van der Waals surface area contributed by atoms with Crippen LogP contribution in [0.5, 0.6) is 0 Å². The highest BCUT2D eigenvalue weighted by Gasteiger charge is 2.38. The predicted octanol–water partition coefficient (Wildman–Crippen LogP) is 2.60. The van der Waals surface area contributed by atoms with Crippen molar-refractivity contribution < 1.29 is 36.3 Å². The van der Waals surface area contributed by atoms with Crippen LogP contribution in [-0.4, -0.2) is 64.0 Å². The van der Waals surface area contributed by atoms with Gasteiger partial charge in [-0.2, -0.15) is 17.9 Å². The molecule has 1 atom stereocenters. The number of carboxylic acids is 1. The number of aromatic nitrogens is 3. The maximum atomic E-state index is 12.8. The van der Waals surface area contributed by atoms with Gasteiger partial charge in [-0.3, -0.25) is 9.78 Å². The molecule has 4 N–H and O–H groups in total. The van der Waals surface area contributed by atoms with Crippen molar-refractivity contribution in [3.8, 4) is 0 Å². The number of likely N-dealkylation sites (tertiary alicyclic amines) is 1. The molecule has 0 aromatic carbocycles. The van der Waals surface area contributed by atoms with Crippen molar-refractivity contribution in [2.45, 2.75) is 29.4 Å². The fourth-order valence-electron chi connectivity index (χ4n) is 3.42. The van der Waals surface area contributed by atoms with Gasteiger partial charge in [0, 0.05) is 17.6 Å². The monoisotopic (exact) mass is 574 g/mol. The molecule has 1 saturated heterocycles. The Labute approximate surface area is 214 Å². The third kappa shape index (κ3) is 5.95. The van der Waals surface area contributed by atoms with Crippen LogP contribution >= 0.6 is 22.7 Å². The van der Waals surface area contributed by atoms with Gasteiger partial charge in [0.15, 0.2) is 0 Å². The number of hydrogen-bond donors (Lipinski definition) is 3. The minimum absolute atomic E-state index is 0.154. The Morgan fingerprint density at radius 3 is 2.62 bits per heavy atom. The van der Waals surface area contributed by atoms with Crippen molar-refractivity contribution in [1.29, 1.82) is 0 Å². The van der Waals surface area contributed by atoms with Gasteiger partial charge in [-0.1, -0.05) is 0 Å². The quantitative estimate of drug-likeness (QED) is 0.324. The summed E-state index contributed by atoms with van der Waals surface area (Å²) in [7, 11) is -3.81. The fourth-order valence-corrected chi connectivity index (χ4v) is 7.02. The van der Waals surface area contributed by atoms with Crippen LogP contribution < -0.4 is 10.5 Å². The van der Waals surface area contributed by atoms with Gasteiger partial charge in [0.1, 0.15) is 27.2 Å². The van der Waals surface area contributed by atoms with Crippen molar-refractivity contribution in [2.24, 2.45) is 0 Å². The van der Waals surface area contributed by atoms with Gasteiger partial charge < -0.3 is 15.7 Å². The number of nitrogens with zero attached hydrogens (tertiary/aromatic N) is 4. The van der Waals surface area contributed by atoms with Gasteiger partial charge in [-0.05, 0) is 30.7 Å². The maximum absolute atomic E-state index is 12.8. The Morgan fingerprint density at radius 1 is 1.24 bits per heavy atom. The number of nitrogens with one attached hydrogen (secondary N) is 1. The van der Waals surface area contributed by atoms with E-state index >= 15 is 0 Å². The molecule has 0 unspecified atom stereocenters. The summed E-state index contributed by atoms with van der Waals surface area (Å²) in [4.78, 5) is 37.4. The third-order valence-electron chi connectivity index (χ3n) is 5.13. The van der Waals surface area contributed by atoms with Crippen molar-refractivity contribution in [3.05, 3.63) is 41.7 Å². The first kappa shape index (κ1) is 26.6. The molecule has 37 heavy (non-hydrogen) atoms. The summed E-state index contributed by atoms with van der Waals surface area (Å²) >= 11 is 2.58. The first-order chi connectivity index (χ1) is 17.3. The van der Waals surface area contributed by atoms with E-state index in [4.69, 9.17) is 15.6 Å². The SMILES string of the molecule is Nc1ncnc2sc(CN3CC[C@H](NS(=O)(=O)c4cc5ncccc5s4)C3=O)cc12.O=C(O)C(F)(F)F. The number of alkyl halides is 3. The van der Waals surface area contributed by atoms with Gasteiger partial charge in [0.25, 0.3) is 10.0 Å². The van der Waals surface area contributed by atoms with Crippen LogP contribution in [0.1, 0.15) is 11.3 Å². The number of amides is 1. The Morgan fingerprint density at radius 2 is 1.97 bits per heavy atom. The molecule has 1 aliphatic rings. The molecule has 4 aromatic rings. The number of carboxylic acid groups (broad SMARTS) is 1. The number of carbonyl (C=O) groups is 2. The molecule has 17 heteroatoms. The van der Waals surface area contributed by atoms with Crippen LogP contribution in [0.2, 0.25) is 0 Å². The van der Waals surface area contributed by atoms with E-state index in [1.165, 1.54) is 23.7 Å². The summed E-state index contributed by atoms with van der Waals surface area (Å²) < 4.78 is 60.8. The summed E-state index contributed by atoms with van der Waals surface area (Å²) in [5.74, 6) is -2.60. The number of rotatable bonds is 5. The zero-order valence-corrected chi connectivity index (χ0v) is 20.9. The number of carbonyl (C=O) groups excluding carboxylic acids is 1. The Hall–Kier alpha value is -3.41. The van der Waals surface area contributed by atoms with Crippen LogP contribution in [0.25, 0.3) is 20.4 Å². The summed E-state index contributed by atoms with van der Waals surface area (Å²) in [6.07, 6.45) is -1.65. The molecular formula is C20H17F3N6O5S3. The zero-order valence-electron chi connectivity index (χ0n) is 18.5. The first-order valence-corrected chi connectivity index (χ1v) is 13.4. The number of anilines is 1. The van der Waals surface area contributed by atoms with Gasteiger partial charge in [-0.25, -0.2) is 23.2 Å². The average molecular weight is 575 g/mol. The molecule has 0 bridgehead atoms. The van der Waals surface area contributed by atoms with E-state index in [-0.39, 0.29) is 10.1 Å². The standard InChI is InChI=1S/C18H16N6O3S3.C2HF3O2/c19-16-11-6-10(28-17(11)22-9-21-16)8-24-5-3-12(18(24)25)23-30(26,27)15-7-13-14(29-15)2-1-4-20-13;3-2(4,5)1(6)7/h1-2,4,6-7,9,12,23H,3,5,8H2,(H2,19,21,22);(H,6,7)/t12-;/m0./s1. The number of nitrogens with two attached hydrogens (primary N) is 1. The number of sulfonamides is 1. The Balaban J connectivity index is 0.000000405. The Bertz CT molecular complexity index is 1550. The van der Waals surface area contributed by atoms with Crippen LogP contribution in [0, 0.1) is 0 Å². The summed E-state index contributed by atoms with van der Waals surface area (Å²) in [6.45, 7) is 0.847. The number of aliphatic carboxylic acids is 1. The topological polar surface area (TPSA) is 168 Å². The van der Waals surface area contributed by atoms with Crippen molar-refractivity contribution in [3.63, 3.8) is 0 Å². The number of thiophene rings is 2. The van der Waals surface area contributed by atoms with E-state index in [2.05, 4.69) is 19.7 Å². The number of halogens is 3. The first-order valence-electron chi connectivity index (χ1n) is 10.3. The maximum Gasteiger partial charge on any atom is 0.490 e. The molecule has 5 rings (SSSR count). The number of fused-ring (bicyclic) bond motifs is 2. The summed E-state index contributed by atoms with van der Waals surface area (Å²) in [5.41, 5.74) is 6.49. The fraction of sp³-hybridized carbons (Fsp3) is 0.250. The molecular weight excluding hydrogens is 557 g/mol. The molecule has 0 radical (unpaired) electrons. The van der Waals surface area contributed by atoms with Gasteiger partial charge in [0.2, 0.25) is 5.91 Å². The van der Waals surface area contributed by atoms with E-state index in [1.807, 2.05) is 12.1 Å². The second-order valence-electron chi connectivity index (χ2n) is 7.67. The van der Waals surface area contributed by atoms with Gasteiger partial charge in [-0.15, -0.1) is 22.7 Å². The number of nitrogen functional groups attached to an aromatic ring is 1. The highest BCUT2D eigenvalue weighted by molar-refractivity contribution is 7.91. The molecule has 0 spiro atoms. The lowest BCUT2D eigenvalue weighted by atomic mass is 10.3.